The van der Waals surface area contributed by atoms with Gasteiger partial charge in [0.2, 0.25) is 0 Å². The fourth-order valence-electron chi connectivity index (χ4n) is 6.89. The van der Waals surface area contributed by atoms with E-state index < -0.39 is 28.4 Å². The fourth-order valence-corrected chi connectivity index (χ4v) is 6.89. The molecule has 1 aliphatic rings. The minimum atomic E-state index is -1.92. The number of benzene rings is 5. The Morgan fingerprint density at radius 1 is 0.532 bits per heavy atom. The predicted molar refractivity (Wildman–Crippen MR) is 176 cm³/mol. The predicted octanol–water partition coefficient (Wildman–Crippen LogP) is 7.04. The first-order valence-electron chi connectivity index (χ1n) is 15.4. The summed E-state index contributed by atoms with van der Waals surface area (Å²) >= 11 is 0. The molecular weight excluding hydrogens is 592 g/mol. The van der Waals surface area contributed by atoms with Crippen LogP contribution in [0.4, 0.5) is 0 Å². The lowest BCUT2D eigenvalue weighted by Crippen LogP contribution is -2.50. The van der Waals surface area contributed by atoms with E-state index in [9.17, 15) is 15.3 Å². The Bertz CT molecular complexity index is 1610. The summed E-state index contributed by atoms with van der Waals surface area (Å²) in [5.74, 6) is -1.05. The van der Waals surface area contributed by atoms with E-state index in [0.717, 1.165) is 5.56 Å². The zero-order valence-corrected chi connectivity index (χ0v) is 26.0. The third-order valence-electron chi connectivity index (χ3n) is 9.26. The number of carbonyl (C=O) groups is 2. The van der Waals surface area contributed by atoms with Crippen LogP contribution in [0.5, 0.6) is 0 Å². The van der Waals surface area contributed by atoms with Gasteiger partial charge in [0.1, 0.15) is 5.41 Å². The lowest BCUT2D eigenvalue weighted by atomic mass is 9.64. The number of carbonyl (C=O) groups excluding carboxylic acids is 2. The van der Waals surface area contributed by atoms with Crippen molar-refractivity contribution in [2.75, 3.05) is 7.05 Å². The van der Waals surface area contributed by atoms with Crippen LogP contribution in [0.25, 0.3) is 0 Å². The van der Waals surface area contributed by atoms with Crippen LogP contribution in [0.3, 0.4) is 0 Å². The SMILES string of the molecule is CN1C(=O)C(CC(OO)(c2ccccc2)c2ccccc2)(CC(OO)(c2ccccc2)c2ccccc2)C(=O)N1Cc1ccccc1. The molecule has 6 rings (SSSR count). The van der Waals surface area contributed by atoms with E-state index in [1.807, 2.05) is 54.6 Å². The summed E-state index contributed by atoms with van der Waals surface area (Å²) < 4.78 is 0. The van der Waals surface area contributed by atoms with Crippen molar-refractivity contribution in [2.24, 2.45) is 5.41 Å². The third kappa shape index (κ3) is 5.62. The van der Waals surface area contributed by atoms with Crippen molar-refractivity contribution in [1.29, 1.82) is 0 Å². The van der Waals surface area contributed by atoms with Gasteiger partial charge in [0, 0.05) is 19.9 Å². The van der Waals surface area contributed by atoms with E-state index in [2.05, 4.69) is 0 Å². The first-order valence-corrected chi connectivity index (χ1v) is 15.4. The Labute approximate surface area is 273 Å². The molecule has 1 heterocycles. The highest BCUT2D eigenvalue weighted by Crippen LogP contribution is 2.54. The molecule has 0 radical (unpaired) electrons. The minimum Gasteiger partial charge on any atom is -0.272 e. The van der Waals surface area contributed by atoms with Crippen LogP contribution < -0.4 is 0 Å². The van der Waals surface area contributed by atoms with Gasteiger partial charge in [0.05, 0.1) is 6.54 Å². The summed E-state index contributed by atoms with van der Waals surface area (Å²) in [5, 5.41) is 24.6. The molecule has 0 unspecified atom stereocenters. The largest absolute Gasteiger partial charge is 0.272 e. The van der Waals surface area contributed by atoms with Gasteiger partial charge in [-0.1, -0.05) is 152 Å². The molecule has 5 aromatic rings. The Kier molecular flexibility index (Phi) is 9.02. The summed E-state index contributed by atoms with van der Waals surface area (Å²) in [6.45, 7) is 0.122. The Balaban J connectivity index is 1.61. The van der Waals surface area contributed by atoms with Crippen LogP contribution in [0.1, 0.15) is 40.7 Å². The van der Waals surface area contributed by atoms with Gasteiger partial charge in [0.25, 0.3) is 11.8 Å². The van der Waals surface area contributed by atoms with E-state index in [0.29, 0.717) is 22.3 Å². The van der Waals surface area contributed by atoms with E-state index in [-0.39, 0.29) is 19.4 Å². The molecular formula is C39H36N2O6. The normalized spacial score (nSPS) is 14.9. The second-order valence-corrected chi connectivity index (χ2v) is 11.9. The molecule has 0 saturated carbocycles. The number of rotatable bonds is 12. The van der Waals surface area contributed by atoms with Crippen LogP contribution in [0.2, 0.25) is 0 Å². The van der Waals surface area contributed by atoms with Crippen LogP contribution >= 0.6 is 0 Å². The highest BCUT2D eigenvalue weighted by atomic mass is 17.1. The first-order chi connectivity index (χ1) is 22.9. The van der Waals surface area contributed by atoms with E-state index in [1.165, 1.54) is 10.0 Å². The number of hydrazine groups is 1. The van der Waals surface area contributed by atoms with Gasteiger partial charge in [0.15, 0.2) is 11.2 Å². The van der Waals surface area contributed by atoms with Crippen molar-refractivity contribution in [2.45, 2.75) is 30.6 Å². The van der Waals surface area contributed by atoms with Gasteiger partial charge in [-0.25, -0.2) is 14.8 Å². The second-order valence-electron chi connectivity index (χ2n) is 11.9. The number of amides is 2. The van der Waals surface area contributed by atoms with Crippen LogP contribution in [-0.2, 0) is 37.1 Å². The summed E-state index contributed by atoms with van der Waals surface area (Å²) in [7, 11) is 1.56. The molecule has 5 aromatic carbocycles. The molecule has 1 aliphatic heterocycles. The average molecular weight is 629 g/mol. The molecule has 0 aromatic heterocycles. The molecule has 0 spiro atoms. The molecule has 2 amide bonds. The maximum Gasteiger partial charge on any atom is 0.257 e. The summed E-state index contributed by atoms with van der Waals surface area (Å²) in [5.41, 5.74) is -2.31. The van der Waals surface area contributed by atoms with Crippen LogP contribution in [-0.4, -0.2) is 39.4 Å². The van der Waals surface area contributed by atoms with Gasteiger partial charge in [-0.15, -0.1) is 0 Å². The fraction of sp³-hybridized carbons (Fsp3) is 0.179. The molecule has 238 valence electrons. The van der Waals surface area contributed by atoms with Crippen molar-refractivity contribution in [3.05, 3.63) is 179 Å². The smallest absolute Gasteiger partial charge is 0.257 e. The number of hydrogen-bond donors (Lipinski definition) is 2. The molecule has 0 bridgehead atoms. The van der Waals surface area contributed by atoms with Gasteiger partial charge in [-0.05, 0) is 27.8 Å². The molecule has 47 heavy (non-hydrogen) atoms. The van der Waals surface area contributed by atoms with Gasteiger partial charge in [-0.3, -0.25) is 25.1 Å². The maximum atomic E-state index is 15.2. The highest BCUT2D eigenvalue weighted by Gasteiger charge is 2.65. The number of nitrogens with zero attached hydrogens (tertiary/aromatic N) is 2. The first kappa shape index (κ1) is 31.8. The van der Waals surface area contributed by atoms with Crippen LogP contribution in [0, 0.1) is 5.41 Å². The highest BCUT2D eigenvalue weighted by molar-refractivity contribution is 6.10. The molecule has 8 nitrogen and oxygen atoms in total. The van der Waals surface area contributed by atoms with Crippen molar-refractivity contribution in [3.63, 3.8) is 0 Å². The third-order valence-corrected chi connectivity index (χ3v) is 9.26. The quantitative estimate of drug-likeness (QED) is 0.0874. The molecule has 0 aliphatic carbocycles. The van der Waals surface area contributed by atoms with E-state index in [1.54, 1.807) is 104 Å². The van der Waals surface area contributed by atoms with Crippen molar-refractivity contribution >= 4 is 11.8 Å². The summed E-state index contributed by atoms with van der Waals surface area (Å²) in [4.78, 5) is 41.1. The van der Waals surface area contributed by atoms with E-state index >= 15 is 4.79 Å². The topological polar surface area (TPSA) is 99.5 Å². The standard InChI is InChI=1S/C39H36N2O6/c1-40-35(42)37(36(43)41(40)27-30-17-7-2-8-18-30,28-38(46-44,31-19-9-3-10-20-31)32-21-11-4-12-22-32)29-39(47-45,33-23-13-5-14-24-33)34-25-15-6-16-26-34/h2-26,44-45H,27-29H2,1H3. The van der Waals surface area contributed by atoms with Gasteiger partial charge < -0.3 is 0 Å². The molecule has 1 saturated heterocycles. The van der Waals surface area contributed by atoms with Crippen molar-refractivity contribution < 1.29 is 29.9 Å². The van der Waals surface area contributed by atoms with E-state index in [4.69, 9.17) is 9.78 Å². The summed E-state index contributed by atoms with van der Waals surface area (Å²) in [6.07, 6.45) is -0.634. The Morgan fingerprint density at radius 2 is 0.851 bits per heavy atom. The lowest BCUT2D eigenvalue weighted by molar-refractivity contribution is -0.332. The second kappa shape index (κ2) is 13.3. The zero-order valence-electron chi connectivity index (χ0n) is 26.0. The summed E-state index contributed by atoms with van der Waals surface area (Å²) in [6, 6.07) is 45.5. The molecule has 8 heteroatoms. The monoisotopic (exact) mass is 628 g/mol. The van der Waals surface area contributed by atoms with Gasteiger partial charge >= 0.3 is 0 Å². The molecule has 0 atom stereocenters. The number of hydrogen-bond acceptors (Lipinski definition) is 6. The zero-order chi connectivity index (χ0) is 32.9. The Hall–Kier alpha value is -5.12. The molecule has 2 N–H and O–H groups in total. The van der Waals surface area contributed by atoms with Crippen LogP contribution in [0.15, 0.2) is 152 Å². The molecule has 1 fully saturated rings. The lowest BCUT2D eigenvalue weighted by Gasteiger charge is -2.42. The minimum absolute atomic E-state index is 0.122. The van der Waals surface area contributed by atoms with Crippen molar-refractivity contribution in [3.8, 4) is 0 Å². The maximum absolute atomic E-state index is 15.2. The average Bonchev–Trinajstić information content (AvgIpc) is 3.31. The van der Waals surface area contributed by atoms with Gasteiger partial charge in [-0.2, -0.15) is 0 Å². The van der Waals surface area contributed by atoms with Crippen molar-refractivity contribution in [1.82, 2.24) is 10.0 Å². The Morgan fingerprint density at radius 3 is 1.17 bits per heavy atom.